The third kappa shape index (κ3) is 6.40. The lowest BCUT2D eigenvalue weighted by atomic mass is 10.0. The average Bonchev–Trinajstić information content (AvgIpc) is 3.31. The Balaban J connectivity index is 1.10. The third-order valence-electron chi connectivity index (χ3n) is 7.66. The molecule has 220 valence electrons. The van der Waals surface area contributed by atoms with Crippen molar-refractivity contribution in [2.75, 3.05) is 13.2 Å². The molecule has 1 saturated heterocycles. The second-order valence-electron chi connectivity index (χ2n) is 10.5. The Morgan fingerprint density at radius 1 is 1.21 bits per heavy atom. The lowest BCUT2D eigenvalue weighted by molar-refractivity contribution is 0.0535. The van der Waals surface area contributed by atoms with Crippen LogP contribution in [-0.2, 0) is 24.4 Å². The number of ether oxygens (including phenoxy) is 3. The first kappa shape index (κ1) is 28.5. The van der Waals surface area contributed by atoms with E-state index in [0.717, 1.165) is 42.0 Å². The minimum Gasteiger partial charge on any atom is -0.492 e. The summed E-state index contributed by atoms with van der Waals surface area (Å²) in [5.74, 6) is 2.08. The van der Waals surface area contributed by atoms with Gasteiger partial charge in [0.05, 0.1) is 35.2 Å². The zero-order chi connectivity index (χ0) is 29.9. The fourth-order valence-electron chi connectivity index (χ4n) is 5.32. The number of hydrogen-bond donors (Lipinski definition) is 1. The Hall–Kier alpha value is -4.66. The maximum absolute atomic E-state index is 11.6. The second kappa shape index (κ2) is 12.3. The van der Waals surface area contributed by atoms with Crippen molar-refractivity contribution in [2.45, 2.75) is 51.6 Å². The highest BCUT2D eigenvalue weighted by atomic mass is 35.5. The molecule has 0 spiro atoms. The van der Waals surface area contributed by atoms with Gasteiger partial charge in [-0.25, -0.2) is 14.8 Å². The fraction of sp³-hybridized carbons (Fsp3) is 0.323. The van der Waals surface area contributed by atoms with Crippen LogP contribution in [0.2, 0.25) is 5.02 Å². The van der Waals surface area contributed by atoms with Crippen molar-refractivity contribution in [3.63, 3.8) is 0 Å². The number of imidazole rings is 1. The van der Waals surface area contributed by atoms with Crippen molar-refractivity contribution in [3.05, 3.63) is 88.3 Å². The molecule has 4 aromatic rings. The minimum absolute atomic E-state index is 0.0261. The monoisotopic (exact) mass is 600 g/mol. The number of hydrogen-bond acceptors (Lipinski definition) is 9. The summed E-state index contributed by atoms with van der Waals surface area (Å²) >= 11 is 5.97. The molecule has 2 aromatic carbocycles. The molecule has 6 rings (SSSR count). The lowest BCUT2D eigenvalue weighted by Gasteiger charge is -2.37. The number of halogens is 1. The first-order valence-corrected chi connectivity index (χ1v) is 14.3. The Kier molecular flexibility index (Phi) is 8.13. The van der Waals surface area contributed by atoms with E-state index in [1.165, 1.54) is 0 Å². The number of likely N-dealkylation sites (tertiary alicyclic amines) is 1. The molecule has 0 saturated carbocycles. The SMILES string of the molecule is C[C@H]1C[C@@H](Oc2ccnc(COc3ccc(Cl)cc3C#N)n2)CCN1Cc1nc2ccc(C(=O)O)cc2n1CC1=CCO1. The summed E-state index contributed by atoms with van der Waals surface area (Å²) in [6.45, 7) is 4.76. The topological polar surface area (TPSA) is 136 Å². The number of carbonyl (C=O) groups is 1. The number of carboxylic acids is 1. The van der Waals surface area contributed by atoms with Crippen LogP contribution in [0, 0.1) is 11.3 Å². The fourth-order valence-corrected chi connectivity index (χ4v) is 5.49. The van der Waals surface area contributed by atoms with Gasteiger partial charge in [0.1, 0.15) is 42.7 Å². The molecule has 12 heteroatoms. The average molecular weight is 601 g/mol. The quantitative estimate of drug-likeness (QED) is 0.265. The Labute approximate surface area is 252 Å². The number of benzene rings is 2. The van der Waals surface area contributed by atoms with E-state index in [1.807, 2.05) is 6.08 Å². The van der Waals surface area contributed by atoms with E-state index in [4.69, 9.17) is 30.8 Å². The summed E-state index contributed by atoms with van der Waals surface area (Å²) in [7, 11) is 0. The second-order valence-corrected chi connectivity index (χ2v) is 11.0. The first-order valence-electron chi connectivity index (χ1n) is 14.0. The van der Waals surface area contributed by atoms with Crippen molar-refractivity contribution in [1.82, 2.24) is 24.4 Å². The van der Waals surface area contributed by atoms with Crippen LogP contribution in [-0.4, -0.2) is 60.8 Å². The molecule has 0 radical (unpaired) electrons. The lowest BCUT2D eigenvalue weighted by Crippen LogP contribution is -2.44. The molecule has 2 atom stereocenters. The summed E-state index contributed by atoms with van der Waals surface area (Å²) in [4.78, 5) is 27.6. The van der Waals surface area contributed by atoms with Gasteiger partial charge >= 0.3 is 5.97 Å². The van der Waals surface area contributed by atoms with Gasteiger partial charge in [-0.2, -0.15) is 10.2 Å². The van der Waals surface area contributed by atoms with Gasteiger partial charge < -0.3 is 23.9 Å². The number of rotatable bonds is 10. The predicted molar refractivity (Wildman–Crippen MR) is 157 cm³/mol. The molecule has 1 fully saturated rings. The molecule has 2 aliphatic heterocycles. The van der Waals surface area contributed by atoms with E-state index >= 15 is 0 Å². The van der Waals surface area contributed by atoms with Crippen molar-refractivity contribution >= 4 is 28.6 Å². The van der Waals surface area contributed by atoms with Crippen molar-refractivity contribution in [1.29, 1.82) is 5.26 Å². The van der Waals surface area contributed by atoms with E-state index in [-0.39, 0.29) is 24.3 Å². The number of nitrogens with zero attached hydrogens (tertiary/aromatic N) is 6. The smallest absolute Gasteiger partial charge is 0.335 e. The van der Waals surface area contributed by atoms with E-state index in [9.17, 15) is 15.2 Å². The van der Waals surface area contributed by atoms with Gasteiger partial charge in [-0.15, -0.1) is 0 Å². The van der Waals surface area contributed by atoms with Gasteiger partial charge in [0, 0.05) is 29.9 Å². The maximum Gasteiger partial charge on any atom is 0.335 e. The van der Waals surface area contributed by atoms with Crippen LogP contribution < -0.4 is 9.47 Å². The molecule has 0 aliphatic carbocycles. The molecule has 2 aromatic heterocycles. The van der Waals surface area contributed by atoms with E-state index in [0.29, 0.717) is 47.7 Å². The standard InChI is InChI=1S/C31H29ClN6O5/c1-19-12-23(43-30-6-9-34-28(36-30)18-42-27-5-3-22(32)13-21(27)15-33)7-10-37(19)17-29-35-25-4-2-20(31(39)40)14-26(25)38(29)16-24-8-11-41-24/h2-6,8-9,13-14,19,23H,7,10-12,16-18H2,1H3,(H,39,40)/t19-,23-/m0/s1. The zero-order valence-electron chi connectivity index (χ0n) is 23.4. The van der Waals surface area contributed by atoms with Crippen LogP contribution in [0.1, 0.15) is 47.3 Å². The van der Waals surface area contributed by atoms with Gasteiger partial charge in [-0.1, -0.05) is 11.6 Å². The minimum atomic E-state index is -0.968. The Morgan fingerprint density at radius 2 is 2.07 bits per heavy atom. The van der Waals surface area contributed by atoms with Crippen LogP contribution in [0.25, 0.3) is 11.0 Å². The highest BCUT2D eigenvalue weighted by Crippen LogP contribution is 2.27. The van der Waals surface area contributed by atoms with Crippen molar-refractivity contribution < 1.29 is 24.1 Å². The predicted octanol–water partition coefficient (Wildman–Crippen LogP) is 4.97. The molecule has 0 amide bonds. The number of allylic oxidation sites excluding steroid dienone is 1. The molecular weight excluding hydrogens is 572 g/mol. The van der Waals surface area contributed by atoms with Gasteiger partial charge in [-0.05, 0) is 62.2 Å². The highest BCUT2D eigenvalue weighted by Gasteiger charge is 2.29. The summed E-state index contributed by atoms with van der Waals surface area (Å²) in [5.41, 5.74) is 2.11. The molecule has 1 N–H and O–H groups in total. The van der Waals surface area contributed by atoms with E-state index < -0.39 is 5.97 Å². The molecular formula is C31H29ClN6O5. The van der Waals surface area contributed by atoms with Crippen LogP contribution in [0.15, 0.2) is 60.5 Å². The van der Waals surface area contributed by atoms with E-state index in [1.54, 1.807) is 48.7 Å². The summed E-state index contributed by atoms with van der Waals surface area (Å²) in [6, 6.07) is 13.9. The molecule has 4 heterocycles. The van der Waals surface area contributed by atoms with Gasteiger partial charge in [-0.3, -0.25) is 4.90 Å². The molecule has 0 bridgehead atoms. The number of aromatic nitrogens is 4. The Morgan fingerprint density at radius 3 is 2.81 bits per heavy atom. The maximum atomic E-state index is 11.6. The van der Waals surface area contributed by atoms with Gasteiger partial charge in [0.2, 0.25) is 5.88 Å². The number of fused-ring (bicyclic) bond motifs is 1. The number of carboxylic acid groups (broad SMARTS) is 1. The van der Waals surface area contributed by atoms with Crippen LogP contribution in [0.4, 0.5) is 0 Å². The summed E-state index contributed by atoms with van der Waals surface area (Å²) < 4.78 is 19.6. The van der Waals surface area contributed by atoms with Crippen LogP contribution in [0.3, 0.4) is 0 Å². The normalized spacial score (nSPS) is 18.3. The summed E-state index contributed by atoms with van der Waals surface area (Å²) in [6.07, 6.45) is 5.22. The molecule has 11 nitrogen and oxygen atoms in total. The first-order chi connectivity index (χ1) is 20.9. The highest BCUT2D eigenvalue weighted by molar-refractivity contribution is 6.30. The molecule has 2 aliphatic rings. The third-order valence-corrected chi connectivity index (χ3v) is 7.90. The van der Waals surface area contributed by atoms with Gasteiger partial charge in [0.25, 0.3) is 0 Å². The number of piperidine rings is 1. The molecule has 0 unspecified atom stereocenters. The number of aromatic carboxylic acids is 1. The van der Waals surface area contributed by atoms with E-state index in [2.05, 4.69) is 32.4 Å². The summed E-state index contributed by atoms with van der Waals surface area (Å²) in [5, 5.41) is 19.3. The van der Waals surface area contributed by atoms with Crippen molar-refractivity contribution in [3.8, 4) is 17.7 Å². The van der Waals surface area contributed by atoms with Gasteiger partial charge in [0.15, 0.2) is 5.82 Å². The largest absolute Gasteiger partial charge is 0.492 e. The van der Waals surface area contributed by atoms with Crippen LogP contribution >= 0.6 is 11.6 Å². The molecule has 43 heavy (non-hydrogen) atoms. The zero-order valence-corrected chi connectivity index (χ0v) is 24.2. The van der Waals surface area contributed by atoms with Crippen molar-refractivity contribution in [2.24, 2.45) is 0 Å². The Bertz CT molecular complexity index is 1750. The van der Waals surface area contributed by atoms with Crippen LogP contribution in [0.5, 0.6) is 11.6 Å². The number of nitriles is 1.